The maximum atomic E-state index is 10.0. The summed E-state index contributed by atoms with van der Waals surface area (Å²) < 4.78 is 10.5. The predicted molar refractivity (Wildman–Crippen MR) is 71.8 cm³/mol. The first-order chi connectivity index (χ1) is 8.76. The van der Waals surface area contributed by atoms with Crippen LogP contribution in [0.1, 0.15) is 19.8 Å². The van der Waals surface area contributed by atoms with E-state index in [9.17, 15) is 5.11 Å². The molecular formula is C13H28N2O3. The number of hydrogen-bond acceptors (Lipinski definition) is 5. The van der Waals surface area contributed by atoms with Gasteiger partial charge in [0.2, 0.25) is 0 Å². The molecule has 2 atom stereocenters. The highest BCUT2D eigenvalue weighted by Crippen LogP contribution is 2.00. The van der Waals surface area contributed by atoms with Crippen LogP contribution in [0.5, 0.6) is 0 Å². The fourth-order valence-electron chi connectivity index (χ4n) is 2.24. The third-order valence-electron chi connectivity index (χ3n) is 3.22. The SMILES string of the molecule is CCCC(COC)NCC(O)CN1CCOCC1. The number of nitrogens with one attached hydrogen (secondary N) is 1. The largest absolute Gasteiger partial charge is 0.390 e. The molecule has 0 aliphatic carbocycles. The molecule has 18 heavy (non-hydrogen) atoms. The normalized spacial score (nSPS) is 20.8. The van der Waals surface area contributed by atoms with Crippen LogP contribution in [0.4, 0.5) is 0 Å². The zero-order valence-electron chi connectivity index (χ0n) is 11.7. The molecular weight excluding hydrogens is 232 g/mol. The Balaban J connectivity index is 2.15. The van der Waals surface area contributed by atoms with Crippen LogP contribution in [0.15, 0.2) is 0 Å². The number of ether oxygens (including phenoxy) is 2. The summed E-state index contributed by atoms with van der Waals surface area (Å²) in [5, 5.41) is 13.4. The van der Waals surface area contributed by atoms with E-state index in [1.165, 1.54) is 0 Å². The molecule has 1 aliphatic rings. The van der Waals surface area contributed by atoms with E-state index < -0.39 is 0 Å². The van der Waals surface area contributed by atoms with Crippen LogP contribution in [0.25, 0.3) is 0 Å². The zero-order chi connectivity index (χ0) is 13.2. The van der Waals surface area contributed by atoms with Gasteiger partial charge >= 0.3 is 0 Å². The minimum absolute atomic E-state index is 0.320. The average molecular weight is 260 g/mol. The first kappa shape index (κ1) is 15.9. The van der Waals surface area contributed by atoms with Gasteiger partial charge in [-0.15, -0.1) is 0 Å². The molecule has 1 aliphatic heterocycles. The standard InChI is InChI=1S/C13H28N2O3/c1-3-4-12(11-17-2)14-9-13(16)10-15-5-7-18-8-6-15/h12-14,16H,3-11H2,1-2H3. The highest BCUT2D eigenvalue weighted by atomic mass is 16.5. The van der Waals surface area contributed by atoms with Crippen molar-refractivity contribution in [1.82, 2.24) is 10.2 Å². The number of aliphatic hydroxyl groups is 1. The Bertz CT molecular complexity index is 193. The summed E-state index contributed by atoms with van der Waals surface area (Å²) in [6, 6.07) is 0.347. The van der Waals surface area contributed by atoms with E-state index in [0.717, 1.165) is 45.7 Å². The first-order valence-corrected chi connectivity index (χ1v) is 6.96. The van der Waals surface area contributed by atoms with Crippen molar-refractivity contribution in [2.75, 3.05) is 53.1 Å². The van der Waals surface area contributed by atoms with Crippen molar-refractivity contribution in [2.24, 2.45) is 0 Å². The van der Waals surface area contributed by atoms with Gasteiger partial charge in [0.15, 0.2) is 0 Å². The second-order valence-electron chi connectivity index (χ2n) is 4.92. The van der Waals surface area contributed by atoms with Crippen molar-refractivity contribution in [1.29, 1.82) is 0 Å². The molecule has 2 unspecified atom stereocenters. The summed E-state index contributed by atoms with van der Waals surface area (Å²) in [5.74, 6) is 0. The van der Waals surface area contributed by atoms with Crippen LogP contribution in [0.3, 0.4) is 0 Å². The molecule has 0 aromatic carbocycles. The quantitative estimate of drug-likeness (QED) is 0.615. The Morgan fingerprint density at radius 3 is 2.72 bits per heavy atom. The van der Waals surface area contributed by atoms with E-state index in [0.29, 0.717) is 19.2 Å². The lowest BCUT2D eigenvalue weighted by atomic mass is 10.1. The molecule has 0 radical (unpaired) electrons. The summed E-state index contributed by atoms with van der Waals surface area (Å²) >= 11 is 0. The number of rotatable bonds is 9. The van der Waals surface area contributed by atoms with Gasteiger partial charge < -0.3 is 19.9 Å². The molecule has 0 aromatic rings. The topological polar surface area (TPSA) is 54.0 Å². The third-order valence-corrected chi connectivity index (χ3v) is 3.22. The summed E-state index contributed by atoms with van der Waals surface area (Å²) in [6.45, 7) is 7.63. The van der Waals surface area contributed by atoms with E-state index in [1.54, 1.807) is 7.11 Å². The molecule has 1 rings (SSSR count). The fraction of sp³-hybridized carbons (Fsp3) is 1.00. The summed E-state index contributed by atoms with van der Waals surface area (Å²) in [7, 11) is 1.72. The van der Waals surface area contributed by atoms with Gasteiger partial charge in [-0.3, -0.25) is 4.90 Å². The monoisotopic (exact) mass is 260 g/mol. The van der Waals surface area contributed by atoms with Crippen LogP contribution in [-0.4, -0.2) is 75.3 Å². The molecule has 0 spiro atoms. The lowest BCUT2D eigenvalue weighted by Crippen LogP contribution is -2.46. The molecule has 1 heterocycles. The van der Waals surface area contributed by atoms with Crippen molar-refractivity contribution < 1.29 is 14.6 Å². The van der Waals surface area contributed by atoms with Gasteiger partial charge in [0.05, 0.1) is 25.9 Å². The first-order valence-electron chi connectivity index (χ1n) is 6.96. The highest BCUT2D eigenvalue weighted by Gasteiger charge is 2.16. The van der Waals surface area contributed by atoms with E-state index in [2.05, 4.69) is 17.1 Å². The average Bonchev–Trinajstić information content (AvgIpc) is 2.38. The van der Waals surface area contributed by atoms with E-state index in [-0.39, 0.29) is 6.10 Å². The number of morpholine rings is 1. The number of hydrogen-bond donors (Lipinski definition) is 2. The molecule has 2 N–H and O–H groups in total. The fourth-order valence-corrected chi connectivity index (χ4v) is 2.24. The van der Waals surface area contributed by atoms with Crippen LogP contribution in [-0.2, 0) is 9.47 Å². The van der Waals surface area contributed by atoms with E-state index >= 15 is 0 Å². The van der Waals surface area contributed by atoms with Crippen molar-refractivity contribution in [3.63, 3.8) is 0 Å². The Morgan fingerprint density at radius 2 is 2.11 bits per heavy atom. The van der Waals surface area contributed by atoms with Gasteiger partial charge in [-0.2, -0.15) is 0 Å². The lowest BCUT2D eigenvalue weighted by Gasteiger charge is -2.29. The van der Waals surface area contributed by atoms with E-state index in [4.69, 9.17) is 9.47 Å². The number of methoxy groups -OCH3 is 1. The van der Waals surface area contributed by atoms with Crippen LogP contribution in [0, 0.1) is 0 Å². The molecule has 5 heteroatoms. The Morgan fingerprint density at radius 1 is 1.39 bits per heavy atom. The van der Waals surface area contributed by atoms with Gasteiger partial charge in [-0.05, 0) is 6.42 Å². The van der Waals surface area contributed by atoms with Gasteiger partial charge in [0.25, 0.3) is 0 Å². The smallest absolute Gasteiger partial charge is 0.0791 e. The zero-order valence-corrected chi connectivity index (χ0v) is 11.7. The maximum absolute atomic E-state index is 10.0. The molecule has 108 valence electrons. The second-order valence-corrected chi connectivity index (χ2v) is 4.92. The van der Waals surface area contributed by atoms with Crippen LogP contribution in [0.2, 0.25) is 0 Å². The highest BCUT2D eigenvalue weighted by molar-refractivity contribution is 4.72. The van der Waals surface area contributed by atoms with Crippen molar-refractivity contribution in [2.45, 2.75) is 31.9 Å². The van der Waals surface area contributed by atoms with Crippen LogP contribution < -0.4 is 5.32 Å². The second kappa shape index (κ2) is 9.69. The molecule has 0 saturated carbocycles. The summed E-state index contributed by atoms with van der Waals surface area (Å²) in [4.78, 5) is 2.25. The van der Waals surface area contributed by atoms with Gasteiger partial charge in [-0.25, -0.2) is 0 Å². The minimum Gasteiger partial charge on any atom is -0.390 e. The predicted octanol–water partition coefficient (Wildman–Crippen LogP) is 0.0842. The van der Waals surface area contributed by atoms with Crippen molar-refractivity contribution in [3.05, 3.63) is 0 Å². The molecule has 1 saturated heterocycles. The van der Waals surface area contributed by atoms with Crippen LogP contribution >= 0.6 is 0 Å². The minimum atomic E-state index is -0.320. The molecule has 0 amide bonds. The summed E-state index contributed by atoms with van der Waals surface area (Å²) in [5.41, 5.74) is 0. The molecule has 0 aromatic heterocycles. The Labute approximate surface area is 110 Å². The number of aliphatic hydroxyl groups excluding tert-OH is 1. The van der Waals surface area contributed by atoms with Crippen molar-refractivity contribution >= 4 is 0 Å². The van der Waals surface area contributed by atoms with Crippen molar-refractivity contribution in [3.8, 4) is 0 Å². The van der Waals surface area contributed by atoms with Gasteiger partial charge in [0, 0.05) is 39.3 Å². The van der Waals surface area contributed by atoms with Gasteiger partial charge in [0.1, 0.15) is 0 Å². The Hall–Kier alpha value is -0.200. The third kappa shape index (κ3) is 6.66. The van der Waals surface area contributed by atoms with Gasteiger partial charge in [-0.1, -0.05) is 13.3 Å². The number of nitrogens with zero attached hydrogens (tertiary/aromatic N) is 1. The van der Waals surface area contributed by atoms with E-state index in [1.807, 2.05) is 0 Å². The molecule has 1 fully saturated rings. The maximum Gasteiger partial charge on any atom is 0.0791 e. The number of β-amino-alcohol motifs (C(OH)–C–C–N with tert-alkyl or cyclic N) is 1. The molecule has 0 bridgehead atoms. The lowest BCUT2D eigenvalue weighted by molar-refractivity contribution is 0.0138. The molecule has 5 nitrogen and oxygen atoms in total. The Kier molecular flexibility index (Phi) is 8.54. The summed E-state index contributed by atoms with van der Waals surface area (Å²) in [6.07, 6.45) is 1.89.